The Morgan fingerprint density at radius 2 is 2.00 bits per heavy atom. The van der Waals surface area contributed by atoms with Crippen molar-refractivity contribution in [3.8, 4) is 0 Å². The number of hydrogen-bond acceptors (Lipinski definition) is 3. The maximum Gasteiger partial charge on any atom is 0.0678 e. The first-order valence-electron chi connectivity index (χ1n) is 8.33. The van der Waals surface area contributed by atoms with Gasteiger partial charge in [-0.25, -0.2) is 0 Å². The molecule has 0 saturated carbocycles. The molecule has 0 unspecified atom stereocenters. The zero-order valence-electron chi connectivity index (χ0n) is 13.1. The molecule has 3 rings (SSSR count). The van der Waals surface area contributed by atoms with Gasteiger partial charge in [0, 0.05) is 18.6 Å². The highest BCUT2D eigenvalue weighted by Gasteiger charge is 2.47. The van der Waals surface area contributed by atoms with Gasteiger partial charge in [-0.15, -0.1) is 0 Å². The van der Waals surface area contributed by atoms with Gasteiger partial charge in [-0.1, -0.05) is 31.2 Å². The SMILES string of the molecule is CCCOCCN1CCC2(CC1)c1ccccc1C[C@H]2O. The number of aliphatic hydroxyl groups is 1. The molecule has 1 atom stereocenters. The number of hydrogen-bond donors (Lipinski definition) is 1. The highest BCUT2D eigenvalue weighted by molar-refractivity contribution is 5.42. The molecular formula is C18H27NO2. The standard InChI is InChI=1S/C18H27NO2/c1-2-12-21-13-11-19-9-7-18(8-10-19)16-6-4-3-5-15(16)14-17(18)20/h3-6,17,20H,2,7-14H2,1H3/t17-/m1/s1. The van der Waals surface area contributed by atoms with Crippen molar-refractivity contribution in [3.63, 3.8) is 0 Å². The topological polar surface area (TPSA) is 32.7 Å². The largest absolute Gasteiger partial charge is 0.392 e. The van der Waals surface area contributed by atoms with E-state index in [9.17, 15) is 5.11 Å². The predicted molar refractivity (Wildman–Crippen MR) is 84.6 cm³/mol. The summed E-state index contributed by atoms with van der Waals surface area (Å²) in [5.74, 6) is 0. The fraction of sp³-hybridized carbons (Fsp3) is 0.667. The van der Waals surface area contributed by atoms with Crippen LogP contribution >= 0.6 is 0 Å². The Kier molecular flexibility index (Phi) is 4.63. The van der Waals surface area contributed by atoms with Gasteiger partial charge in [0.15, 0.2) is 0 Å². The molecule has 1 aromatic rings. The Morgan fingerprint density at radius 1 is 1.24 bits per heavy atom. The number of aliphatic hydroxyl groups excluding tert-OH is 1. The molecule has 3 heteroatoms. The van der Waals surface area contributed by atoms with Crippen LogP contribution in [0.5, 0.6) is 0 Å². The molecule has 0 bridgehead atoms. The molecule has 0 aromatic heterocycles. The average Bonchev–Trinajstić information content (AvgIpc) is 2.78. The van der Waals surface area contributed by atoms with Crippen LogP contribution in [0.3, 0.4) is 0 Å². The van der Waals surface area contributed by atoms with Crippen molar-refractivity contribution in [2.45, 2.75) is 44.1 Å². The number of nitrogens with zero attached hydrogens (tertiary/aromatic N) is 1. The monoisotopic (exact) mass is 289 g/mol. The molecule has 21 heavy (non-hydrogen) atoms. The highest BCUT2D eigenvalue weighted by Crippen LogP contribution is 2.46. The maximum absolute atomic E-state index is 10.6. The lowest BCUT2D eigenvalue weighted by molar-refractivity contribution is 0.0315. The Labute approximate surface area is 127 Å². The van der Waals surface area contributed by atoms with Crippen LogP contribution in [0.1, 0.15) is 37.3 Å². The van der Waals surface area contributed by atoms with Gasteiger partial charge in [0.1, 0.15) is 0 Å². The van der Waals surface area contributed by atoms with E-state index < -0.39 is 0 Å². The van der Waals surface area contributed by atoms with Crippen molar-refractivity contribution < 1.29 is 9.84 Å². The molecule has 1 aromatic carbocycles. The molecule has 1 spiro atoms. The smallest absolute Gasteiger partial charge is 0.0678 e. The summed E-state index contributed by atoms with van der Waals surface area (Å²) in [7, 11) is 0. The molecule has 1 heterocycles. The minimum atomic E-state index is -0.201. The van der Waals surface area contributed by atoms with Crippen LogP contribution in [-0.4, -0.2) is 49.0 Å². The molecular weight excluding hydrogens is 262 g/mol. The zero-order chi connectivity index (χ0) is 14.7. The summed E-state index contributed by atoms with van der Waals surface area (Å²) in [6.45, 7) is 7.00. The summed E-state index contributed by atoms with van der Waals surface area (Å²) in [6, 6.07) is 8.61. The first-order valence-corrected chi connectivity index (χ1v) is 8.33. The van der Waals surface area contributed by atoms with Crippen LogP contribution < -0.4 is 0 Å². The number of benzene rings is 1. The van der Waals surface area contributed by atoms with Gasteiger partial charge < -0.3 is 14.7 Å². The second kappa shape index (κ2) is 6.47. The molecule has 3 nitrogen and oxygen atoms in total. The lowest BCUT2D eigenvalue weighted by Gasteiger charge is -2.42. The number of fused-ring (bicyclic) bond motifs is 2. The minimum absolute atomic E-state index is 0.0113. The van der Waals surface area contributed by atoms with E-state index in [0.717, 1.165) is 58.5 Å². The second-order valence-corrected chi connectivity index (χ2v) is 6.49. The van der Waals surface area contributed by atoms with Crippen molar-refractivity contribution in [2.75, 3.05) is 32.8 Å². The zero-order valence-corrected chi connectivity index (χ0v) is 13.1. The molecule has 0 radical (unpaired) electrons. The first kappa shape index (κ1) is 15.0. The van der Waals surface area contributed by atoms with E-state index >= 15 is 0 Å². The summed E-state index contributed by atoms with van der Waals surface area (Å²) >= 11 is 0. The molecule has 116 valence electrons. The van der Waals surface area contributed by atoms with E-state index in [4.69, 9.17) is 4.74 Å². The van der Waals surface area contributed by atoms with E-state index in [1.165, 1.54) is 11.1 Å². The van der Waals surface area contributed by atoms with E-state index in [-0.39, 0.29) is 11.5 Å². The van der Waals surface area contributed by atoms with Crippen molar-refractivity contribution in [1.29, 1.82) is 0 Å². The third-order valence-electron chi connectivity index (χ3n) is 5.25. The lowest BCUT2D eigenvalue weighted by atomic mass is 9.72. The fourth-order valence-electron chi connectivity index (χ4n) is 3.99. The molecule has 1 fully saturated rings. The van der Waals surface area contributed by atoms with E-state index in [1.54, 1.807) is 0 Å². The summed E-state index contributed by atoms with van der Waals surface area (Å²) in [5, 5.41) is 10.6. The molecule has 0 amide bonds. The normalized spacial score (nSPS) is 24.4. The molecule has 1 N–H and O–H groups in total. The second-order valence-electron chi connectivity index (χ2n) is 6.49. The Balaban J connectivity index is 1.60. The molecule has 1 aliphatic carbocycles. The number of likely N-dealkylation sites (tertiary alicyclic amines) is 1. The fourth-order valence-corrected chi connectivity index (χ4v) is 3.99. The Morgan fingerprint density at radius 3 is 2.76 bits per heavy atom. The van der Waals surface area contributed by atoms with Gasteiger partial charge in [0.05, 0.1) is 12.7 Å². The van der Waals surface area contributed by atoms with Gasteiger partial charge >= 0.3 is 0 Å². The summed E-state index contributed by atoms with van der Waals surface area (Å²) in [5.41, 5.74) is 2.77. The van der Waals surface area contributed by atoms with Crippen LogP contribution in [0.4, 0.5) is 0 Å². The number of ether oxygens (including phenoxy) is 1. The summed E-state index contributed by atoms with van der Waals surface area (Å²) in [6.07, 6.45) is 3.85. The highest BCUT2D eigenvalue weighted by atomic mass is 16.5. The maximum atomic E-state index is 10.6. The Hall–Kier alpha value is -0.900. The van der Waals surface area contributed by atoms with Crippen LogP contribution in [0.2, 0.25) is 0 Å². The van der Waals surface area contributed by atoms with Crippen LogP contribution in [0, 0.1) is 0 Å². The summed E-state index contributed by atoms with van der Waals surface area (Å²) < 4.78 is 5.59. The average molecular weight is 289 g/mol. The summed E-state index contributed by atoms with van der Waals surface area (Å²) in [4.78, 5) is 2.48. The van der Waals surface area contributed by atoms with Gasteiger partial charge in [0.25, 0.3) is 0 Å². The molecule has 1 aliphatic heterocycles. The number of rotatable bonds is 5. The minimum Gasteiger partial charge on any atom is -0.392 e. The van der Waals surface area contributed by atoms with Gasteiger partial charge in [-0.3, -0.25) is 0 Å². The van der Waals surface area contributed by atoms with Crippen molar-refractivity contribution >= 4 is 0 Å². The van der Waals surface area contributed by atoms with Gasteiger partial charge in [0.2, 0.25) is 0 Å². The first-order chi connectivity index (χ1) is 10.3. The van der Waals surface area contributed by atoms with Crippen molar-refractivity contribution in [3.05, 3.63) is 35.4 Å². The van der Waals surface area contributed by atoms with E-state index in [0.29, 0.717) is 0 Å². The van der Waals surface area contributed by atoms with Crippen LogP contribution in [-0.2, 0) is 16.6 Å². The van der Waals surface area contributed by atoms with E-state index in [1.807, 2.05) is 0 Å². The quantitative estimate of drug-likeness (QED) is 0.845. The van der Waals surface area contributed by atoms with E-state index in [2.05, 4.69) is 36.1 Å². The predicted octanol–water partition coefficient (Wildman–Crippen LogP) is 2.36. The van der Waals surface area contributed by atoms with Crippen molar-refractivity contribution in [2.24, 2.45) is 0 Å². The number of piperidine rings is 1. The molecule has 1 saturated heterocycles. The molecule has 2 aliphatic rings. The van der Waals surface area contributed by atoms with Crippen LogP contribution in [0.15, 0.2) is 24.3 Å². The third kappa shape index (κ3) is 2.87. The Bertz CT molecular complexity index is 466. The van der Waals surface area contributed by atoms with Gasteiger partial charge in [-0.2, -0.15) is 0 Å². The lowest BCUT2D eigenvalue weighted by Crippen LogP contribution is -2.48. The van der Waals surface area contributed by atoms with Crippen LogP contribution in [0.25, 0.3) is 0 Å². The third-order valence-corrected chi connectivity index (χ3v) is 5.25. The van der Waals surface area contributed by atoms with Crippen molar-refractivity contribution in [1.82, 2.24) is 4.90 Å². The van der Waals surface area contributed by atoms with Gasteiger partial charge in [-0.05, 0) is 49.9 Å².